The van der Waals surface area contributed by atoms with Crippen LogP contribution in [0.3, 0.4) is 0 Å². The minimum atomic E-state index is -1.11. The van der Waals surface area contributed by atoms with Gasteiger partial charge in [0.25, 0.3) is 5.91 Å². The van der Waals surface area contributed by atoms with Crippen LogP contribution >= 0.6 is 0 Å². The maximum Gasteiger partial charge on any atom is 0.325 e. The van der Waals surface area contributed by atoms with E-state index in [4.69, 9.17) is 9.84 Å². The van der Waals surface area contributed by atoms with Gasteiger partial charge in [-0.3, -0.25) is 14.4 Å². The Hall–Kier alpha value is -2.37. The number of carbonyl (C=O) groups is 3. The number of benzene rings is 1. The van der Waals surface area contributed by atoms with Gasteiger partial charge < -0.3 is 15.2 Å². The quantitative estimate of drug-likeness (QED) is 0.610. The summed E-state index contributed by atoms with van der Waals surface area (Å²) in [5, 5.41) is 11.0. The average Bonchev–Trinajstić information content (AvgIpc) is 2.28. The second-order valence-corrected chi connectivity index (χ2v) is 3.65. The molecule has 6 nitrogen and oxygen atoms in total. The van der Waals surface area contributed by atoms with Crippen LogP contribution in [0.5, 0.6) is 5.75 Å². The molecule has 0 aliphatic rings. The number of ether oxygens (including phenoxy) is 1. The average molecular weight is 251 g/mol. The zero-order chi connectivity index (χ0) is 13.7. The molecule has 0 aromatic heterocycles. The largest absolute Gasteiger partial charge is 0.480 e. The number of amides is 1. The van der Waals surface area contributed by atoms with Crippen molar-refractivity contribution in [2.24, 2.45) is 0 Å². The molecule has 0 spiro atoms. The molecule has 0 aliphatic heterocycles. The van der Waals surface area contributed by atoms with Crippen LogP contribution in [0.15, 0.2) is 24.3 Å². The van der Waals surface area contributed by atoms with Crippen molar-refractivity contribution in [2.45, 2.75) is 19.9 Å². The summed E-state index contributed by atoms with van der Waals surface area (Å²) in [5.41, 5.74) is 0.291. The lowest BCUT2D eigenvalue weighted by Gasteiger charge is -2.09. The van der Waals surface area contributed by atoms with E-state index in [2.05, 4.69) is 5.32 Å². The fraction of sp³-hybridized carbons (Fsp3) is 0.250. The summed E-state index contributed by atoms with van der Waals surface area (Å²) in [6, 6.07) is 4.85. The molecule has 1 rings (SSSR count). The summed E-state index contributed by atoms with van der Waals surface area (Å²) in [4.78, 5) is 32.9. The standard InChI is InChI=1S/C12H13NO5/c1-7(12(16)17)13-11(15)9-3-5-10(6-4-9)18-8(2)14/h3-7H,1-2H3,(H,13,15)(H,16,17). The molecule has 1 aromatic rings. The molecule has 1 unspecified atom stereocenters. The van der Waals surface area contributed by atoms with Gasteiger partial charge in [-0.2, -0.15) is 0 Å². The summed E-state index contributed by atoms with van der Waals surface area (Å²) >= 11 is 0. The number of rotatable bonds is 4. The van der Waals surface area contributed by atoms with Gasteiger partial charge in [0.2, 0.25) is 0 Å². The zero-order valence-electron chi connectivity index (χ0n) is 9.97. The SMILES string of the molecule is CC(=O)Oc1ccc(C(=O)NC(C)C(=O)O)cc1. The predicted molar refractivity (Wildman–Crippen MR) is 62.3 cm³/mol. The number of carboxylic acid groups (broad SMARTS) is 1. The monoisotopic (exact) mass is 251 g/mol. The molecule has 96 valence electrons. The van der Waals surface area contributed by atoms with Crippen LogP contribution in [0.2, 0.25) is 0 Å². The van der Waals surface area contributed by atoms with Crippen LogP contribution in [-0.4, -0.2) is 29.0 Å². The molecule has 1 aromatic carbocycles. The van der Waals surface area contributed by atoms with Gasteiger partial charge >= 0.3 is 11.9 Å². The molecule has 0 aliphatic carbocycles. The van der Waals surface area contributed by atoms with Crippen LogP contribution in [0.25, 0.3) is 0 Å². The highest BCUT2D eigenvalue weighted by molar-refractivity contribution is 5.96. The number of esters is 1. The van der Waals surface area contributed by atoms with Gasteiger partial charge in [-0.1, -0.05) is 0 Å². The molecule has 0 fully saturated rings. The Morgan fingerprint density at radius 2 is 1.78 bits per heavy atom. The molecule has 0 bridgehead atoms. The molecular formula is C12H13NO5. The van der Waals surface area contributed by atoms with E-state index >= 15 is 0 Å². The van der Waals surface area contributed by atoms with Gasteiger partial charge in [0.1, 0.15) is 11.8 Å². The first-order valence-corrected chi connectivity index (χ1v) is 5.22. The number of aliphatic carboxylic acids is 1. The maximum absolute atomic E-state index is 11.6. The Morgan fingerprint density at radius 1 is 1.22 bits per heavy atom. The van der Waals surface area contributed by atoms with E-state index in [9.17, 15) is 14.4 Å². The summed E-state index contributed by atoms with van der Waals surface area (Å²) in [5.74, 6) is -1.74. The molecular weight excluding hydrogens is 238 g/mol. The third-order valence-electron chi connectivity index (χ3n) is 2.10. The van der Waals surface area contributed by atoms with E-state index < -0.39 is 23.9 Å². The first kappa shape index (κ1) is 13.7. The summed E-state index contributed by atoms with van der Waals surface area (Å²) < 4.78 is 4.80. The zero-order valence-corrected chi connectivity index (χ0v) is 9.97. The highest BCUT2D eigenvalue weighted by Gasteiger charge is 2.15. The molecule has 0 saturated heterocycles. The van der Waals surface area contributed by atoms with Crippen molar-refractivity contribution < 1.29 is 24.2 Å². The molecule has 18 heavy (non-hydrogen) atoms. The van der Waals surface area contributed by atoms with E-state index in [0.29, 0.717) is 11.3 Å². The van der Waals surface area contributed by atoms with E-state index in [1.165, 1.54) is 38.1 Å². The third-order valence-corrected chi connectivity index (χ3v) is 2.10. The van der Waals surface area contributed by atoms with Crippen molar-refractivity contribution in [1.82, 2.24) is 5.32 Å². The van der Waals surface area contributed by atoms with Gasteiger partial charge in [0, 0.05) is 12.5 Å². The minimum absolute atomic E-state index is 0.291. The van der Waals surface area contributed by atoms with Crippen LogP contribution in [0, 0.1) is 0 Å². The predicted octanol–water partition coefficient (Wildman–Crippen LogP) is 0.815. The van der Waals surface area contributed by atoms with Crippen molar-refractivity contribution in [3.63, 3.8) is 0 Å². The van der Waals surface area contributed by atoms with Crippen LogP contribution in [0.1, 0.15) is 24.2 Å². The summed E-state index contributed by atoms with van der Waals surface area (Å²) in [6.45, 7) is 2.64. The number of hydrogen-bond donors (Lipinski definition) is 2. The Morgan fingerprint density at radius 3 is 2.22 bits per heavy atom. The lowest BCUT2D eigenvalue weighted by molar-refractivity contribution is -0.138. The molecule has 1 amide bonds. The number of carbonyl (C=O) groups excluding carboxylic acids is 2. The van der Waals surface area contributed by atoms with Crippen molar-refractivity contribution in [1.29, 1.82) is 0 Å². The van der Waals surface area contributed by atoms with E-state index in [0.717, 1.165) is 0 Å². The van der Waals surface area contributed by atoms with Gasteiger partial charge in [-0.05, 0) is 31.2 Å². The lowest BCUT2D eigenvalue weighted by Crippen LogP contribution is -2.38. The first-order chi connectivity index (χ1) is 8.40. The smallest absolute Gasteiger partial charge is 0.325 e. The summed E-state index contributed by atoms with van der Waals surface area (Å²) in [7, 11) is 0. The number of hydrogen-bond acceptors (Lipinski definition) is 4. The van der Waals surface area contributed by atoms with E-state index in [1.54, 1.807) is 0 Å². The Balaban J connectivity index is 2.70. The van der Waals surface area contributed by atoms with E-state index in [-0.39, 0.29) is 0 Å². The molecule has 1 atom stereocenters. The summed E-state index contributed by atoms with van der Waals surface area (Å²) in [6.07, 6.45) is 0. The fourth-order valence-electron chi connectivity index (χ4n) is 1.18. The van der Waals surface area contributed by atoms with Gasteiger partial charge in [-0.25, -0.2) is 0 Å². The van der Waals surface area contributed by atoms with Crippen molar-refractivity contribution in [3.05, 3.63) is 29.8 Å². The number of carboxylic acids is 1. The topological polar surface area (TPSA) is 92.7 Å². The van der Waals surface area contributed by atoms with Gasteiger partial charge in [0.15, 0.2) is 0 Å². The van der Waals surface area contributed by atoms with E-state index in [1.807, 2.05) is 0 Å². The lowest BCUT2D eigenvalue weighted by atomic mass is 10.2. The van der Waals surface area contributed by atoms with Crippen LogP contribution in [-0.2, 0) is 9.59 Å². The highest BCUT2D eigenvalue weighted by atomic mass is 16.5. The Labute approximate surface area is 104 Å². The van der Waals surface area contributed by atoms with Crippen molar-refractivity contribution >= 4 is 17.8 Å². The normalized spacial score (nSPS) is 11.4. The Bertz CT molecular complexity index is 466. The second-order valence-electron chi connectivity index (χ2n) is 3.65. The molecule has 0 radical (unpaired) electrons. The fourth-order valence-corrected chi connectivity index (χ4v) is 1.18. The van der Waals surface area contributed by atoms with Crippen LogP contribution < -0.4 is 10.1 Å². The van der Waals surface area contributed by atoms with Gasteiger partial charge in [-0.15, -0.1) is 0 Å². The van der Waals surface area contributed by atoms with Gasteiger partial charge in [0.05, 0.1) is 0 Å². The van der Waals surface area contributed by atoms with Crippen LogP contribution in [0.4, 0.5) is 0 Å². The molecule has 2 N–H and O–H groups in total. The number of nitrogens with one attached hydrogen (secondary N) is 1. The Kier molecular flexibility index (Phi) is 4.42. The third kappa shape index (κ3) is 3.89. The molecule has 6 heteroatoms. The van der Waals surface area contributed by atoms with Crippen molar-refractivity contribution in [2.75, 3.05) is 0 Å². The first-order valence-electron chi connectivity index (χ1n) is 5.22. The molecule has 0 saturated carbocycles. The second kappa shape index (κ2) is 5.81. The molecule has 0 heterocycles. The minimum Gasteiger partial charge on any atom is -0.480 e. The highest BCUT2D eigenvalue weighted by Crippen LogP contribution is 2.12. The van der Waals surface area contributed by atoms with Crippen molar-refractivity contribution in [3.8, 4) is 5.75 Å². The maximum atomic E-state index is 11.6.